The van der Waals surface area contributed by atoms with Gasteiger partial charge in [-0.3, -0.25) is 0 Å². The third-order valence-corrected chi connectivity index (χ3v) is 4.62. The highest BCUT2D eigenvalue weighted by Gasteiger charge is 1.91. The predicted octanol–water partition coefficient (Wildman–Crippen LogP) is 7.08. The van der Waals surface area contributed by atoms with E-state index in [1.807, 2.05) is 52.0 Å². The van der Waals surface area contributed by atoms with Gasteiger partial charge in [-0.25, -0.2) is 12.8 Å². The lowest BCUT2D eigenvalue weighted by Gasteiger charge is -2.00. The molecule has 0 heterocycles. The number of hydrogen-bond acceptors (Lipinski definition) is 7. The van der Waals surface area contributed by atoms with Gasteiger partial charge in [0.05, 0.1) is 6.21 Å². The highest BCUT2D eigenvalue weighted by atomic mass is 127. The molecule has 0 saturated heterocycles. The molecule has 0 fully saturated rings. The van der Waals surface area contributed by atoms with Crippen LogP contribution in [-0.4, -0.2) is 13.3 Å². The molecule has 0 spiro atoms. The number of aryl methyl sites for hydroxylation is 1. The maximum atomic E-state index is 4.50. The molecule has 0 aromatic heterocycles. The van der Waals surface area contributed by atoms with E-state index in [0.29, 0.717) is 0 Å². The standard InChI is InChI=1S/C14H13BrN2S.2C2H6.CH5IN2OS/c1-11-2-8-14(9-3-11)18-17-16-10-12-4-6-13(15)7-5-12;2*1-2;1-3-4-6-5-2/h2-10,17H,1H3;2*1-2H3;3-4H,1H3/b16-10+;;;. The summed E-state index contributed by atoms with van der Waals surface area (Å²) in [6.45, 7) is 10.1. The van der Waals surface area contributed by atoms with Gasteiger partial charge in [0.15, 0.2) is 0 Å². The van der Waals surface area contributed by atoms with Gasteiger partial charge in [0, 0.05) is 21.3 Å². The zero-order valence-electron chi connectivity index (χ0n) is 17.1. The second-order valence-corrected chi connectivity index (χ2v) is 7.66. The fourth-order valence-electron chi connectivity index (χ4n) is 1.39. The van der Waals surface area contributed by atoms with Gasteiger partial charge in [-0.05, 0) is 43.8 Å². The fraction of sp³-hybridized carbons (Fsp3) is 0.316. The first-order valence-corrected chi connectivity index (χ1v) is 12.0. The zero-order valence-corrected chi connectivity index (χ0v) is 22.5. The van der Waals surface area contributed by atoms with E-state index in [-0.39, 0.29) is 0 Å². The lowest BCUT2D eigenvalue weighted by atomic mass is 10.2. The van der Waals surface area contributed by atoms with E-state index in [9.17, 15) is 0 Å². The van der Waals surface area contributed by atoms with Crippen LogP contribution < -0.4 is 15.1 Å². The van der Waals surface area contributed by atoms with Gasteiger partial charge < -0.3 is 0 Å². The van der Waals surface area contributed by atoms with Gasteiger partial charge in [-0.15, -0.1) is 0 Å². The summed E-state index contributed by atoms with van der Waals surface area (Å²) in [4.78, 5) is 6.74. The Kier molecular flexibility index (Phi) is 24.5. The molecule has 2 rings (SSSR count). The number of rotatable bonds is 7. The summed E-state index contributed by atoms with van der Waals surface area (Å²) in [5.41, 5.74) is 4.98. The highest BCUT2D eigenvalue weighted by molar-refractivity contribution is 14.1. The molecular formula is C19H30BrIN4OS2. The van der Waals surface area contributed by atoms with Crippen LogP contribution in [0.2, 0.25) is 0 Å². The van der Waals surface area contributed by atoms with Crippen LogP contribution in [0.4, 0.5) is 0 Å². The fourth-order valence-corrected chi connectivity index (χ4v) is 2.52. The first-order valence-electron chi connectivity index (χ1n) is 8.79. The number of nitrogens with one attached hydrogen (secondary N) is 3. The van der Waals surface area contributed by atoms with E-state index < -0.39 is 0 Å². The van der Waals surface area contributed by atoms with Crippen molar-refractivity contribution in [2.24, 2.45) is 5.10 Å². The molecule has 2 aromatic carbocycles. The summed E-state index contributed by atoms with van der Waals surface area (Å²) < 4.78 is 5.57. The van der Waals surface area contributed by atoms with E-state index in [2.05, 4.69) is 69.8 Å². The summed E-state index contributed by atoms with van der Waals surface area (Å²) in [5.74, 6) is 0. The first-order chi connectivity index (χ1) is 13.7. The van der Waals surface area contributed by atoms with E-state index in [1.54, 1.807) is 36.3 Å². The van der Waals surface area contributed by atoms with Gasteiger partial charge in [0.25, 0.3) is 0 Å². The van der Waals surface area contributed by atoms with Crippen LogP contribution in [0.3, 0.4) is 0 Å². The summed E-state index contributed by atoms with van der Waals surface area (Å²) in [6, 6.07) is 16.3. The summed E-state index contributed by atoms with van der Waals surface area (Å²) in [6.07, 6.45) is 1.80. The SMILES string of the molecule is CC.CC.CNNSOI.Cc1ccc(SN/N=C/c2ccc(Br)cc2)cc1. The molecule has 2 aromatic rings. The minimum absolute atomic E-state index is 1.07. The van der Waals surface area contributed by atoms with Gasteiger partial charge in [-0.2, -0.15) is 9.93 Å². The van der Waals surface area contributed by atoms with Crippen molar-refractivity contribution in [1.29, 1.82) is 0 Å². The Bertz CT molecular complexity index is 598. The van der Waals surface area contributed by atoms with Crippen molar-refractivity contribution < 1.29 is 2.51 Å². The van der Waals surface area contributed by atoms with E-state index in [0.717, 1.165) is 27.2 Å². The molecule has 5 nitrogen and oxygen atoms in total. The average molecular weight is 601 g/mol. The monoisotopic (exact) mass is 600 g/mol. The molecule has 0 amide bonds. The summed E-state index contributed by atoms with van der Waals surface area (Å²) in [5, 5.41) is 4.16. The van der Waals surface area contributed by atoms with E-state index in [1.165, 1.54) is 17.5 Å². The average Bonchev–Trinajstić information content (AvgIpc) is 2.75. The lowest BCUT2D eigenvalue weighted by Crippen LogP contribution is -2.18. The second kappa shape index (κ2) is 23.0. The Labute approximate surface area is 201 Å². The molecule has 3 N–H and O–H groups in total. The Morgan fingerprint density at radius 1 is 1.00 bits per heavy atom. The van der Waals surface area contributed by atoms with Crippen LogP contribution in [0.1, 0.15) is 38.8 Å². The quantitative estimate of drug-likeness (QED) is 0.0788. The number of hydrazone groups is 1. The maximum absolute atomic E-state index is 4.50. The number of benzene rings is 2. The Balaban J connectivity index is 0. The topological polar surface area (TPSA) is 57.7 Å². The van der Waals surface area contributed by atoms with Gasteiger partial charge in [-0.1, -0.05) is 73.5 Å². The first kappa shape index (κ1) is 29.9. The highest BCUT2D eigenvalue weighted by Crippen LogP contribution is 2.14. The van der Waals surface area contributed by atoms with Crippen molar-refractivity contribution in [2.45, 2.75) is 39.5 Å². The smallest absolute Gasteiger partial charge is 0.129 e. The van der Waals surface area contributed by atoms with Gasteiger partial charge >= 0.3 is 0 Å². The molecule has 0 atom stereocenters. The van der Waals surface area contributed by atoms with Crippen molar-refractivity contribution in [3.05, 3.63) is 64.1 Å². The normalized spacial score (nSPS) is 9.29. The largest absolute Gasteiger partial charge is 0.249 e. The zero-order chi connectivity index (χ0) is 21.6. The van der Waals surface area contributed by atoms with Crippen molar-refractivity contribution in [2.75, 3.05) is 7.05 Å². The molecule has 28 heavy (non-hydrogen) atoms. The van der Waals surface area contributed by atoms with Crippen molar-refractivity contribution in [3.8, 4) is 0 Å². The van der Waals surface area contributed by atoms with E-state index in [4.69, 9.17) is 0 Å². The molecule has 0 radical (unpaired) electrons. The molecule has 0 aliphatic carbocycles. The minimum atomic E-state index is 1.07. The second-order valence-electron chi connectivity index (χ2n) is 4.31. The van der Waals surface area contributed by atoms with Crippen molar-refractivity contribution in [1.82, 2.24) is 15.1 Å². The van der Waals surface area contributed by atoms with Crippen molar-refractivity contribution >= 4 is 69.3 Å². The molecule has 0 saturated carbocycles. The summed E-state index contributed by atoms with van der Waals surface area (Å²) in [7, 11) is 1.77. The Morgan fingerprint density at radius 3 is 2.04 bits per heavy atom. The predicted molar refractivity (Wildman–Crippen MR) is 139 cm³/mol. The summed E-state index contributed by atoms with van der Waals surface area (Å²) >= 11 is 7.80. The van der Waals surface area contributed by atoms with Crippen LogP contribution in [0.5, 0.6) is 0 Å². The number of hydrazine groups is 1. The minimum Gasteiger partial charge on any atom is -0.249 e. The number of hydrogen-bond donors (Lipinski definition) is 3. The third kappa shape index (κ3) is 17.8. The Hall–Kier alpha value is -0.300. The number of halogens is 2. The van der Waals surface area contributed by atoms with Crippen LogP contribution in [0, 0.1) is 6.92 Å². The van der Waals surface area contributed by atoms with Gasteiger partial charge in [0.2, 0.25) is 0 Å². The number of nitrogens with zero attached hydrogens (tertiary/aromatic N) is 1. The lowest BCUT2D eigenvalue weighted by molar-refractivity contribution is 0.752. The van der Waals surface area contributed by atoms with Crippen LogP contribution in [-0.2, 0) is 2.51 Å². The van der Waals surface area contributed by atoms with Crippen LogP contribution in [0.25, 0.3) is 0 Å². The van der Waals surface area contributed by atoms with Crippen molar-refractivity contribution in [3.63, 3.8) is 0 Å². The molecule has 0 bridgehead atoms. The molecule has 0 unspecified atom stereocenters. The van der Waals surface area contributed by atoms with E-state index >= 15 is 0 Å². The maximum Gasteiger partial charge on any atom is 0.129 e. The third-order valence-electron chi connectivity index (χ3n) is 2.50. The molecular weight excluding hydrogens is 571 g/mol. The van der Waals surface area contributed by atoms with Gasteiger partial charge in [0.1, 0.15) is 35.2 Å². The Morgan fingerprint density at radius 2 is 1.57 bits per heavy atom. The van der Waals surface area contributed by atoms with Crippen LogP contribution in [0.15, 0.2) is 63.0 Å². The molecule has 0 aliphatic rings. The molecule has 158 valence electrons. The molecule has 9 heteroatoms. The van der Waals surface area contributed by atoms with Crippen LogP contribution >= 0.6 is 63.1 Å². The molecule has 0 aliphatic heterocycles.